The Labute approximate surface area is 243 Å². The lowest BCUT2D eigenvalue weighted by molar-refractivity contribution is -0.128. The number of aliphatic hydroxyl groups is 1. The van der Waals surface area contributed by atoms with Crippen LogP contribution in [0.15, 0.2) is 119 Å². The fourth-order valence-electron chi connectivity index (χ4n) is 4.77. The first-order valence-electron chi connectivity index (χ1n) is 13.5. The van der Waals surface area contributed by atoms with Crippen molar-refractivity contribution in [2.45, 2.75) is 24.5 Å². The SMILES string of the molecule is [N-]=[N+]=Nc1ccccc1[C@@H]1OC(c2ccc(OCCCO)cc2)=N[C@]1(Cc1ccccc1)C(=O)NNc1ccccc1. The number of rotatable bonds is 12. The number of carbonyl (C=O) groups excluding carboxylic acids is 1. The summed E-state index contributed by atoms with van der Waals surface area (Å²) in [5, 5.41) is 12.9. The lowest BCUT2D eigenvalue weighted by Gasteiger charge is -2.31. The van der Waals surface area contributed by atoms with Gasteiger partial charge in [-0.25, -0.2) is 4.99 Å². The van der Waals surface area contributed by atoms with Crippen molar-refractivity contribution in [3.63, 3.8) is 0 Å². The molecule has 5 rings (SSSR count). The third-order valence-electron chi connectivity index (χ3n) is 6.81. The number of anilines is 1. The standard InChI is InChI=1S/C32H30N6O4/c33-38-36-28-15-8-7-14-27(28)29-32(22-23-10-3-1-4-11-23,31(40)37-35-25-12-5-2-6-13-25)34-30(42-29)24-16-18-26(19-17-24)41-21-9-20-39/h1-8,10-19,29,35,39H,9,20-22H2,(H,37,40)/t29-,32-/m0/s1. The first-order valence-corrected chi connectivity index (χ1v) is 13.5. The number of nitrogens with one attached hydrogen (secondary N) is 2. The van der Waals surface area contributed by atoms with Gasteiger partial charge in [0.15, 0.2) is 11.6 Å². The van der Waals surface area contributed by atoms with Crippen molar-refractivity contribution >= 4 is 23.2 Å². The molecule has 42 heavy (non-hydrogen) atoms. The largest absolute Gasteiger partial charge is 0.494 e. The molecule has 0 aromatic heterocycles. The zero-order chi connectivity index (χ0) is 29.2. The average molecular weight is 563 g/mol. The number of hydrogen-bond acceptors (Lipinski definition) is 7. The van der Waals surface area contributed by atoms with E-state index in [-0.39, 0.29) is 18.9 Å². The molecular weight excluding hydrogens is 532 g/mol. The molecule has 1 aliphatic heterocycles. The molecule has 0 saturated heterocycles. The van der Waals surface area contributed by atoms with Gasteiger partial charge in [-0.15, -0.1) is 0 Å². The van der Waals surface area contributed by atoms with E-state index in [9.17, 15) is 10.3 Å². The van der Waals surface area contributed by atoms with Crippen LogP contribution in [0.4, 0.5) is 11.4 Å². The van der Waals surface area contributed by atoms with Crippen molar-refractivity contribution in [1.29, 1.82) is 0 Å². The number of aliphatic hydroxyl groups excluding tert-OH is 1. The van der Waals surface area contributed by atoms with Gasteiger partial charge in [-0.2, -0.15) is 0 Å². The second-order valence-corrected chi connectivity index (χ2v) is 9.64. The molecule has 3 N–H and O–H groups in total. The quantitative estimate of drug-likeness (QED) is 0.0635. The topological polar surface area (TPSA) is 141 Å². The molecule has 1 heterocycles. The van der Waals surface area contributed by atoms with Gasteiger partial charge in [0.2, 0.25) is 5.90 Å². The van der Waals surface area contributed by atoms with Crippen LogP contribution in [0, 0.1) is 0 Å². The molecule has 0 bridgehead atoms. The zero-order valence-electron chi connectivity index (χ0n) is 22.8. The smallest absolute Gasteiger partial charge is 0.270 e. The maximum Gasteiger partial charge on any atom is 0.270 e. The molecule has 0 spiro atoms. The van der Waals surface area contributed by atoms with Crippen molar-refractivity contribution in [3.8, 4) is 5.75 Å². The zero-order valence-corrected chi connectivity index (χ0v) is 22.8. The molecule has 10 heteroatoms. The highest BCUT2D eigenvalue weighted by molar-refractivity contribution is 6.01. The van der Waals surface area contributed by atoms with Gasteiger partial charge in [-0.1, -0.05) is 77.9 Å². The van der Waals surface area contributed by atoms with Crippen LogP contribution in [0.1, 0.15) is 29.2 Å². The minimum absolute atomic E-state index is 0.0477. The van der Waals surface area contributed by atoms with E-state index in [0.29, 0.717) is 41.3 Å². The summed E-state index contributed by atoms with van der Waals surface area (Å²) in [6.45, 7) is 0.437. The van der Waals surface area contributed by atoms with Crippen LogP contribution in [-0.2, 0) is 16.0 Å². The Morgan fingerprint density at radius 1 is 0.976 bits per heavy atom. The molecule has 10 nitrogen and oxygen atoms in total. The van der Waals surface area contributed by atoms with E-state index < -0.39 is 17.6 Å². The molecule has 1 amide bonds. The number of amides is 1. The van der Waals surface area contributed by atoms with Gasteiger partial charge in [-0.05, 0) is 47.5 Å². The van der Waals surface area contributed by atoms with Gasteiger partial charge < -0.3 is 14.6 Å². The van der Waals surface area contributed by atoms with Gasteiger partial charge in [0.1, 0.15) is 5.75 Å². The van der Waals surface area contributed by atoms with Crippen LogP contribution >= 0.6 is 0 Å². The predicted octanol–water partition coefficient (Wildman–Crippen LogP) is 6.03. The van der Waals surface area contributed by atoms with Crippen LogP contribution in [0.25, 0.3) is 10.4 Å². The van der Waals surface area contributed by atoms with Gasteiger partial charge in [0, 0.05) is 41.2 Å². The first kappa shape index (κ1) is 28.2. The molecule has 1 aliphatic rings. The Morgan fingerprint density at radius 3 is 2.38 bits per heavy atom. The number of hydrogen-bond donors (Lipinski definition) is 3. The van der Waals surface area contributed by atoms with Crippen molar-refractivity contribution in [2.24, 2.45) is 10.1 Å². The molecule has 0 unspecified atom stereocenters. The molecule has 0 fully saturated rings. The van der Waals surface area contributed by atoms with Crippen LogP contribution in [0.3, 0.4) is 0 Å². The second kappa shape index (κ2) is 13.4. The van der Waals surface area contributed by atoms with Crippen molar-refractivity contribution in [2.75, 3.05) is 18.6 Å². The van der Waals surface area contributed by atoms with Crippen LogP contribution in [-0.4, -0.2) is 35.7 Å². The van der Waals surface area contributed by atoms with E-state index in [1.165, 1.54) is 0 Å². The third kappa shape index (κ3) is 6.36. The highest BCUT2D eigenvalue weighted by Crippen LogP contribution is 2.45. The number of para-hydroxylation sites is 1. The summed E-state index contributed by atoms with van der Waals surface area (Å²) in [5.74, 6) is 0.481. The first-order chi connectivity index (χ1) is 20.6. The molecule has 0 aliphatic carbocycles. The van der Waals surface area contributed by atoms with E-state index in [4.69, 9.17) is 19.6 Å². The van der Waals surface area contributed by atoms with E-state index >= 15 is 0 Å². The van der Waals surface area contributed by atoms with Gasteiger partial charge in [-0.3, -0.25) is 15.6 Å². The summed E-state index contributed by atoms with van der Waals surface area (Å²) in [5.41, 5.74) is 16.7. The van der Waals surface area contributed by atoms with Gasteiger partial charge in [0.05, 0.1) is 12.3 Å². The minimum Gasteiger partial charge on any atom is -0.494 e. The Bertz CT molecular complexity index is 1570. The maximum absolute atomic E-state index is 14.3. The summed E-state index contributed by atoms with van der Waals surface area (Å²) in [6, 6.07) is 33.1. The van der Waals surface area contributed by atoms with E-state index in [1.807, 2.05) is 72.8 Å². The number of ether oxygens (including phenoxy) is 2. The van der Waals surface area contributed by atoms with Gasteiger partial charge in [0.25, 0.3) is 5.91 Å². The Balaban J connectivity index is 1.59. The number of nitrogens with zero attached hydrogens (tertiary/aromatic N) is 4. The Kier molecular flexibility index (Phi) is 8.98. The highest BCUT2D eigenvalue weighted by atomic mass is 16.5. The van der Waals surface area contributed by atoms with Crippen molar-refractivity contribution in [3.05, 3.63) is 136 Å². The van der Waals surface area contributed by atoms with Crippen molar-refractivity contribution < 1.29 is 19.4 Å². The number of azide groups is 1. The molecule has 0 radical (unpaired) electrons. The molecule has 0 saturated carbocycles. The fourth-order valence-corrected chi connectivity index (χ4v) is 4.77. The summed E-state index contributed by atoms with van der Waals surface area (Å²) in [6.07, 6.45) is -0.192. The number of benzene rings is 4. The number of carbonyl (C=O) groups is 1. The monoisotopic (exact) mass is 562 g/mol. The second-order valence-electron chi connectivity index (χ2n) is 9.64. The van der Waals surface area contributed by atoms with Crippen LogP contribution in [0.5, 0.6) is 5.75 Å². The lowest BCUT2D eigenvalue weighted by atomic mass is 9.81. The highest BCUT2D eigenvalue weighted by Gasteiger charge is 2.54. The maximum atomic E-state index is 14.3. The normalized spacial score (nSPS) is 17.4. The van der Waals surface area contributed by atoms with Crippen LogP contribution in [0.2, 0.25) is 0 Å². The lowest BCUT2D eigenvalue weighted by Crippen LogP contribution is -2.51. The summed E-state index contributed by atoms with van der Waals surface area (Å²) >= 11 is 0. The van der Waals surface area contributed by atoms with Crippen molar-refractivity contribution in [1.82, 2.24) is 5.43 Å². The van der Waals surface area contributed by atoms with Crippen LogP contribution < -0.4 is 15.6 Å². The molecular formula is C32H30N6O4. The number of hydrazine groups is 1. The molecule has 4 aromatic rings. The van der Waals surface area contributed by atoms with E-state index in [2.05, 4.69) is 20.9 Å². The minimum atomic E-state index is -1.48. The predicted molar refractivity (Wildman–Crippen MR) is 160 cm³/mol. The summed E-state index contributed by atoms with van der Waals surface area (Å²) in [7, 11) is 0. The average Bonchev–Trinajstić information content (AvgIpc) is 3.42. The Morgan fingerprint density at radius 2 is 1.67 bits per heavy atom. The van der Waals surface area contributed by atoms with E-state index in [1.54, 1.807) is 36.4 Å². The molecule has 212 valence electrons. The Hall–Kier alpha value is -5.31. The molecule has 2 atom stereocenters. The summed E-state index contributed by atoms with van der Waals surface area (Å²) in [4.78, 5) is 22.3. The molecule has 4 aromatic carbocycles. The summed E-state index contributed by atoms with van der Waals surface area (Å²) < 4.78 is 12.2. The number of aliphatic imine (C=N–C) groups is 1. The van der Waals surface area contributed by atoms with Gasteiger partial charge >= 0.3 is 0 Å². The van der Waals surface area contributed by atoms with E-state index in [0.717, 1.165) is 5.56 Å². The fraction of sp³-hybridized carbons (Fsp3) is 0.188. The third-order valence-corrected chi connectivity index (χ3v) is 6.81.